The highest BCUT2D eigenvalue weighted by Gasteiger charge is 2.25. The molecule has 4 nitrogen and oxygen atoms in total. The van der Waals surface area contributed by atoms with Crippen LogP contribution in [0.4, 0.5) is 0 Å². The molecule has 108 valence electrons. The summed E-state index contributed by atoms with van der Waals surface area (Å²) in [7, 11) is 0. The predicted octanol–water partition coefficient (Wildman–Crippen LogP) is 3.46. The van der Waals surface area contributed by atoms with Crippen LogP contribution in [-0.2, 0) is 6.42 Å². The number of rotatable bonds is 6. The lowest BCUT2D eigenvalue weighted by atomic mass is 9.80. The van der Waals surface area contributed by atoms with E-state index in [-0.39, 0.29) is 6.10 Å². The van der Waals surface area contributed by atoms with Gasteiger partial charge in [0.25, 0.3) is 0 Å². The first-order valence-corrected chi connectivity index (χ1v) is 7.73. The van der Waals surface area contributed by atoms with Crippen molar-refractivity contribution in [2.24, 2.45) is 5.92 Å². The number of nitrogens with zero attached hydrogens (tertiary/aromatic N) is 2. The second-order valence-corrected chi connectivity index (χ2v) is 5.82. The summed E-state index contributed by atoms with van der Waals surface area (Å²) < 4.78 is 5.24. The molecule has 1 aliphatic carbocycles. The topological polar surface area (TPSA) is 59.2 Å². The quantitative estimate of drug-likeness (QED) is 0.856. The lowest BCUT2D eigenvalue weighted by molar-refractivity contribution is 0.158. The summed E-state index contributed by atoms with van der Waals surface area (Å²) >= 11 is 0. The van der Waals surface area contributed by atoms with Crippen LogP contribution in [0, 0.1) is 5.92 Å². The van der Waals surface area contributed by atoms with Crippen LogP contribution in [0.2, 0.25) is 0 Å². The van der Waals surface area contributed by atoms with Gasteiger partial charge in [0.2, 0.25) is 5.89 Å². The Morgan fingerprint density at radius 1 is 1.26 bits per heavy atom. The minimum atomic E-state index is -0.367. The Bertz CT molecular complexity index is 370. The second-order valence-electron chi connectivity index (χ2n) is 5.82. The van der Waals surface area contributed by atoms with Crippen molar-refractivity contribution in [3.63, 3.8) is 0 Å². The molecule has 0 bridgehead atoms. The lowest BCUT2D eigenvalue weighted by Crippen LogP contribution is -2.14. The summed E-state index contributed by atoms with van der Waals surface area (Å²) in [6.07, 6.45) is 8.42. The molecule has 0 spiro atoms. The van der Waals surface area contributed by atoms with Crippen molar-refractivity contribution < 1.29 is 9.63 Å². The number of aromatic nitrogens is 2. The Hall–Kier alpha value is -0.900. The Morgan fingerprint density at radius 3 is 2.63 bits per heavy atom. The first kappa shape index (κ1) is 14.5. The van der Waals surface area contributed by atoms with Gasteiger partial charge in [-0.3, -0.25) is 0 Å². The predicted molar refractivity (Wildman–Crippen MR) is 73.9 cm³/mol. The molecule has 1 N–H and O–H groups in total. The second kappa shape index (κ2) is 7.04. The monoisotopic (exact) mass is 266 g/mol. The van der Waals surface area contributed by atoms with Gasteiger partial charge in [-0.25, -0.2) is 0 Å². The molecule has 1 heterocycles. The zero-order chi connectivity index (χ0) is 13.7. The van der Waals surface area contributed by atoms with Gasteiger partial charge in [-0.2, -0.15) is 4.98 Å². The van der Waals surface area contributed by atoms with E-state index in [4.69, 9.17) is 4.52 Å². The maximum Gasteiger partial charge on any atom is 0.229 e. The largest absolute Gasteiger partial charge is 0.393 e. The Labute approximate surface area is 115 Å². The van der Waals surface area contributed by atoms with Gasteiger partial charge in [-0.1, -0.05) is 31.8 Å². The SMILES string of the molecule is CCCC1CCC(c2noc(CC(O)CC)n2)CC1. The summed E-state index contributed by atoms with van der Waals surface area (Å²) in [4.78, 5) is 4.46. The van der Waals surface area contributed by atoms with Crippen molar-refractivity contribution in [2.75, 3.05) is 0 Å². The molecule has 0 amide bonds. The van der Waals surface area contributed by atoms with Crippen molar-refractivity contribution in [3.8, 4) is 0 Å². The fourth-order valence-corrected chi connectivity index (χ4v) is 2.98. The molecule has 1 saturated carbocycles. The van der Waals surface area contributed by atoms with Crippen molar-refractivity contribution in [1.29, 1.82) is 0 Å². The zero-order valence-electron chi connectivity index (χ0n) is 12.1. The number of hydrogen-bond donors (Lipinski definition) is 1. The fraction of sp³-hybridized carbons (Fsp3) is 0.867. The van der Waals surface area contributed by atoms with Crippen molar-refractivity contribution >= 4 is 0 Å². The molecule has 0 aromatic carbocycles. The molecule has 1 aliphatic rings. The van der Waals surface area contributed by atoms with Crippen molar-refractivity contribution in [3.05, 3.63) is 11.7 Å². The standard InChI is InChI=1S/C15H26N2O2/c1-3-5-11-6-8-12(9-7-11)15-16-14(19-17-15)10-13(18)4-2/h11-13,18H,3-10H2,1-2H3. The maximum atomic E-state index is 9.60. The van der Waals surface area contributed by atoms with Crippen LogP contribution in [-0.4, -0.2) is 21.4 Å². The minimum Gasteiger partial charge on any atom is -0.393 e. The molecule has 2 rings (SSSR count). The third kappa shape index (κ3) is 4.03. The van der Waals surface area contributed by atoms with E-state index in [0.29, 0.717) is 18.2 Å². The summed E-state index contributed by atoms with van der Waals surface area (Å²) in [6.45, 7) is 4.22. The molecular formula is C15H26N2O2. The first-order chi connectivity index (χ1) is 9.22. The number of aliphatic hydroxyl groups is 1. The van der Waals surface area contributed by atoms with E-state index in [1.54, 1.807) is 0 Å². The summed E-state index contributed by atoms with van der Waals surface area (Å²) in [5.41, 5.74) is 0. The molecular weight excluding hydrogens is 240 g/mol. The van der Waals surface area contributed by atoms with Gasteiger partial charge in [0, 0.05) is 5.92 Å². The van der Waals surface area contributed by atoms with Crippen LogP contribution in [0.25, 0.3) is 0 Å². The molecule has 0 saturated heterocycles. The van der Waals surface area contributed by atoms with E-state index in [1.165, 1.54) is 38.5 Å². The van der Waals surface area contributed by atoms with E-state index in [1.807, 2.05) is 6.92 Å². The smallest absolute Gasteiger partial charge is 0.229 e. The Morgan fingerprint density at radius 2 is 2.00 bits per heavy atom. The highest BCUT2D eigenvalue weighted by Crippen LogP contribution is 2.36. The van der Waals surface area contributed by atoms with Gasteiger partial charge in [0.05, 0.1) is 12.5 Å². The van der Waals surface area contributed by atoms with Gasteiger partial charge in [0.15, 0.2) is 5.82 Å². The third-order valence-corrected chi connectivity index (χ3v) is 4.27. The van der Waals surface area contributed by atoms with Gasteiger partial charge in [0.1, 0.15) is 0 Å². The Balaban J connectivity index is 1.86. The highest BCUT2D eigenvalue weighted by molar-refractivity contribution is 4.98. The van der Waals surface area contributed by atoms with Crippen LogP contribution in [0.15, 0.2) is 4.52 Å². The van der Waals surface area contributed by atoms with E-state index in [0.717, 1.165) is 18.2 Å². The number of aliphatic hydroxyl groups excluding tert-OH is 1. The van der Waals surface area contributed by atoms with Crippen LogP contribution >= 0.6 is 0 Å². The first-order valence-electron chi connectivity index (χ1n) is 7.73. The fourth-order valence-electron chi connectivity index (χ4n) is 2.98. The van der Waals surface area contributed by atoms with E-state index >= 15 is 0 Å². The normalized spacial score (nSPS) is 25.4. The van der Waals surface area contributed by atoms with Crippen molar-refractivity contribution in [2.45, 2.75) is 77.2 Å². The summed E-state index contributed by atoms with van der Waals surface area (Å²) in [5.74, 6) is 2.80. The molecule has 0 radical (unpaired) electrons. The van der Waals surface area contributed by atoms with Crippen LogP contribution < -0.4 is 0 Å². The molecule has 0 aliphatic heterocycles. The maximum absolute atomic E-state index is 9.60. The van der Waals surface area contributed by atoms with E-state index < -0.39 is 0 Å². The van der Waals surface area contributed by atoms with E-state index in [9.17, 15) is 5.11 Å². The molecule has 1 aromatic heterocycles. The van der Waals surface area contributed by atoms with Gasteiger partial charge >= 0.3 is 0 Å². The number of hydrogen-bond acceptors (Lipinski definition) is 4. The molecule has 1 unspecified atom stereocenters. The van der Waals surface area contributed by atoms with Crippen LogP contribution in [0.5, 0.6) is 0 Å². The average Bonchev–Trinajstić information content (AvgIpc) is 2.88. The summed E-state index contributed by atoms with van der Waals surface area (Å²) in [5, 5.41) is 13.7. The molecule has 1 fully saturated rings. The van der Waals surface area contributed by atoms with Crippen molar-refractivity contribution in [1.82, 2.24) is 10.1 Å². The minimum absolute atomic E-state index is 0.367. The molecule has 19 heavy (non-hydrogen) atoms. The molecule has 4 heteroatoms. The van der Waals surface area contributed by atoms with E-state index in [2.05, 4.69) is 17.1 Å². The van der Waals surface area contributed by atoms with Gasteiger partial charge in [-0.15, -0.1) is 0 Å². The zero-order valence-corrected chi connectivity index (χ0v) is 12.1. The lowest BCUT2D eigenvalue weighted by Gasteiger charge is -2.26. The molecule has 1 aromatic rings. The summed E-state index contributed by atoms with van der Waals surface area (Å²) in [6, 6.07) is 0. The van der Waals surface area contributed by atoms with Gasteiger partial charge < -0.3 is 9.63 Å². The average molecular weight is 266 g/mol. The molecule has 1 atom stereocenters. The van der Waals surface area contributed by atoms with Crippen LogP contribution in [0.1, 0.15) is 76.4 Å². The Kier molecular flexibility index (Phi) is 5.37. The third-order valence-electron chi connectivity index (χ3n) is 4.27. The highest BCUT2D eigenvalue weighted by atomic mass is 16.5. The van der Waals surface area contributed by atoms with Gasteiger partial charge in [-0.05, 0) is 38.0 Å². The van der Waals surface area contributed by atoms with Crippen LogP contribution in [0.3, 0.4) is 0 Å².